The topological polar surface area (TPSA) is 49.2 Å². The van der Waals surface area contributed by atoms with Crippen LogP contribution in [-0.4, -0.2) is 35.3 Å². The van der Waals surface area contributed by atoms with E-state index in [2.05, 4.69) is 48.1 Å². The first-order valence-electron chi connectivity index (χ1n) is 7.68. The van der Waals surface area contributed by atoms with Crippen molar-refractivity contribution in [2.24, 2.45) is 0 Å². The zero-order valence-electron chi connectivity index (χ0n) is 13.9. The van der Waals surface area contributed by atoms with Crippen LogP contribution in [0.2, 0.25) is 0 Å². The predicted octanol–water partition coefficient (Wildman–Crippen LogP) is 3.71. The molecule has 23 heavy (non-hydrogen) atoms. The van der Waals surface area contributed by atoms with Crippen LogP contribution in [-0.2, 0) is 0 Å². The molecule has 2 heterocycles. The summed E-state index contributed by atoms with van der Waals surface area (Å²) >= 11 is 1.70. The number of anilines is 1. The van der Waals surface area contributed by atoms with E-state index in [1.54, 1.807) is 11.3 Å². The van der Waals surface area contributed by atoms with Crippen molar-refractivity contribution in [1.29, 1.82) is 0 Å². The summed E-state index contributed by atoms with van der Waals surface area (Å²) < 4.78 is 0. The first-order valence-corrected chi connectivity index (χ1v) is 8.49. The highest BCUT2D eigenvalue weighted by Gasteiger charge is 2.19. The van der Waals surface area contributed by atoms with E-state index in [0.29, 0.717) is 6.54 Å². The molecule has 0 amide bonds. The van der Waals surface area contributed by atoms with E-state index in [4.69, 9.17) is 0 Å². The molecule has 4 nitrogen and oxygen atoms in total. The van der Waals surface area contributed by atoms with Crippen LogP contribution < -0.4 is 4.90 Å². The molecule has 0 saturated heterocycles. The van der Waals surface area contributed by atoms with Gasteiger partial charge in [0.1, 0.15) is 16.5 Å². The maximum atomic E-state index is 9.28. The molecular weight excluding hydrogens is 306 g/mol. The van der Waals surface area contributed by atoms with Gasteiger partial charge in [0.05, 0.1) is 12.0 Å². The fraction of sp³-hybridized carbons (Fsp3) is 0.333. The van der Waals surface area contributed by atoms with Gasteiger partial charge in [-0.15, -0.1) is 11.3 Å². The third-order valence-corrected chi connectivity index (χ3v) is 4.96. The molecule has 1 N–H and O–H groups in total. The second-order valence-corrected chi connectivity index (χ2v) is 7.02. The van der Waals surface area contributed by atoms with Crippen LogP contribution in [0.25, 0.3) is 21.3 Å². The molecule has 0 fully saturated rings. The van der Waals surface area contributed by atoms with Gasteiger partial charge in [-0.1, -0.05) is 29.8 Å². The molecule has 0 aliphatic heterocycles. The molecule has 3 aromatic rings. The molecular formula is C18H21N3OS. The number of aromatic nitrogens is 2. The highest BCUT2D eigenvalue weighted by atomic mass is 32.1. The van der Waals surface area contributed by atoms with Gasteiger partial charge >= 0.3 is 0 Å². The number of hydrogen-bond acceptors (Lipinski definition) is 5. The Bertz CT molecular complexity index is 840. The summed E-state index contributed by atoms with van der Waals surface area (Å²) in [5.41, 5.74) is 3.63. The Hall–Kier alpha value is -1.98. The van der Waals surface area contributed by atoms with Gasteiger partial charge in [0.25, 0.3) is 0 Å². The van der Waals surface area contributed by atoms with Crippen molar-refractivity contribution >= 4 is 27.4 Å². The van der Waals surface area contributed by atoms with Crippen LogP contribution in [0.1, 0.15) is 16.3 Å². The summed E-state index contributed by atoms with van der Waals surface area (Å²) in [5, 5.41) is 10.4. The third-order valence-electron chi connectivity index (χ3n) is 3.96. The van der Waals surface area contributed by atoms with Crippen molar-refractivity contribution in [1.82, 2.24) is 9.97 Å². The molecule has 0 spiro atoms. The van der Waals surface area contributed by atoms with E-state index in [1.807, 2.05) is 18.9 Å². The minimum atomic E-state index is 0.101. The average Bonchev–Trinajstić information content (AvgIpc) is 2.83. The standard InChI is InChI=1S/C18H21N3OS/c1-11-5-7-14(8-6-11)15-12(2)23-18-16(15)17(19-13(3)20-18)21(4)9-10-22/h5-8,22H,9-10H2,1-4H3. The molecule has 120 valence electrons. The second kappa shape index (κ2) is 6.26. The Balaban J connectivity index is 2.29. The van der Waals surface area contributed by atoms with Crippen LogP contribution in [0.5, 0.6) is 0 Å². The van der Waals surface area contributed by atoms with Crippen molar-refractivity contribution in [3.8, 4) is 11.1 Å². The number of likely N-dealkylation sites (N-methyl/N-ethyl adjacent to an activating group) is 1. The van der Waals surface area contributed by atoms with Crippen molar-refractivity contribution < 1.29 is 5.11 Å². The van der Waals surface area contributed by atoms with Crippen molar-refractivity contribution in [2.45, 2.75) is 20.8 Å². The highest BCUT2D eigenvalue weighted by molar-refractivity contribution is 7.19. The number of nitrogens with zero attached hydrogens (tertiary/aromatic N) is 3. The highest BCUT2D eigenvalue weighted by Crippen LogP contribution is 2.41. The maximum absolute atomic E-state index is 9.28. The SMILES string of the molecule is Cc1ccc(-c2c(C)sc3nc(C)nc(N(C)CCO)c23)cc1. The number of aryl methyl sites for hydroxylation is 3. The summed E-state index contributed by atoms with van der Waals surface area (Å²) in [5.74, 6) is 1.65. The molecule has 0 aliphatic rings. The predicted molar refractivity (Wildman–Crippen MR) is 97.4 cm³/mol. The van der Waals surface area contributed by atoms with E-state index in [1.165, 1.54) is 21.6 Å². The lowest BCUT2D eigenvalue weighted by Gasteiger charge is -2.19. The van der Waals surface area contributed by atoms with Gasteiger partial charge in [0.2, 0.25) is 0 Å². The van der Waals surface area contributed by atoms with Crippen LogP contribution in [0, 0.1) is 20.8 Å². The summed E-state index contributed by atoms with van der Waals surface area (Å²) in [6.45, 7) is 6.79. The van der Waals surface area contributed by atoms with E-state index in [9.17, 15) is 5.11 Å². The van der Waals surface area contributed by atoms with Crippen molar-refractivity contribution in [3.05, 3.63) is 40.5 Å². The Kier molecular flexibility index (Phi) is 4.33. The fourth-order valence-electron chi connectivity index (χ4n) is 2.80. The van der Waals surface area contributed by atoms with Gasteiger partial charge in [0.15, 0.2) is 0 Å². The van der Waals surface area contributed by atoms with E-state index in [0.717, 1.165) is 21.9 Å². The van der Waals surface area contributed by atoms with Crippen LogP contribution in [0.3, 0.4) is 0 Å². The zero-order valence-corrected chi connectivity index (χ0v) is 14.7. The van der Waals surface area contributed by atoms with Gasteiger partial charge in [-0.25, -0.2) is 9.97 Å². The molecule has 2 aromatic heterocycles. The Morgan fingerprint density at radius 2 is 1.78 bits per heavy atom. The number of rotatable bonds is 4. The second-order valence-electron chi connectivity index (χ2n) is 5.82. The molecule has 5 heteroatoms. The lowest BCUT2D eigenvalue weighted by molar-refractivity contribution is 0.304. The summed E-state index contributed by atoms with van der Waals surface area (Å²) in [7, 11) is 1.96. The van der Waals surface area contributed by atoms with Gasteiger partial charge in [-0.2, -0.15) is 0 Å². The van der Waals surface area contributed by atoms with Crippen molar-refractivity contribution in [2.75, 3.05) is 25.1 Å². The Morgan fingerprint density at radius 3 is 2.43 bits per heavy atom. The molecule has 3 rings (SSSR count). The largest absolute Gasteiger partial charge is 0.395 e. The number of fused-ring (bicyclic) bond motifs is 1. The Labute approximate surface area is 140 Å². The van der Waals surface area contributed by atoms with E-state index >= 15 is 0 Å². The lowest BCUT2D eigenvalue weighted by atomic mass is 10.0. The molecule has 0 bridgehead atoms. The van der Waals surface area contributed by atoms with Gasteiger partial charge < -0.3 is 10.0 Å². The summed E-state index contributed by atoms with van der Waals surface area (Å²) in [4.78, 5) is 13.5. The molecule has 0 radical (unpaired) electrons. The number of aliphatic hydroxyl groups is 1. The first-order chi connectivity index (χ1) is 11.0. The van der Waals surface area contributed by atoms with Crippen molar-refractivity contribution in [3.63, 3.8) is 0 Å². The van der Waals surface area contributed by atoms with Gasteiger partial charge in [-0.3, -0.25) is 0 Å². The molecule has 0 saturated carbocycles. The fourth-order valence-corrected chi connectivity index (χ4v) is 3.88. The summed E-state index contributed by atoms with van der Waals surface area (Å²) in [6.07, 6.45) is 0. The first kappa shape index (κ1) is 15.9. The van der Waals surface area contributed by atoms with E-state index in [-0.39, 0.29) is 6.61 Å². The average molecular weight is 327 g/mol. The molecule has 0 unspecified atom stereocenters. The number of benzene rings is 1. The van der Waals surface area contributed by atoms with E-state index < -0.39 is 0 Å². The van der Waals surface area contributed by atoms with Crippen LogP contribution in [0.4, 0.5) is 5.82 Å². The molecule has 1 aromatic carbocycles. The molecule has 0 atom stereocenters. The number of hydrogen-bond donors (Lipinski definition) is 1. The zero-order chi connectivity index (χ0) is 16.6. The third kappa shape index (κ3) is 2.94. The minimum absolute atomic E-state index is 0.101. The Morgan fingerprint density at radius 1 is 1.09 bits per heavy atom. The molecule has 0 aliphatic carbocycles. The quantitative estimate of drug-likeness (QED) is 0.793. The van der Waals surface area contributed by atoms with Gasteiger partial charge in [0, 0.05) is 24.0 Å². The number of aliphatic hydroxyl groups excluding tert-OH is 1. The smallest absolute Gasteiger partial charge is 0.141 e. The monoisotopic (exact) mass is 327 g/mol. The lowest BCUT2D eigenvalue weighted by Crippen LogP contribution is -2.23. The van der Waals surface area contributed by atoms with Crippen LogP contribution in [0.15, 0.2) is 24.3 Å². The van der Waals surface area contributed by atoms with Crippen LogP contribution >= 0.6 is 11.3 Å². The number of thiophene rings is 1. The minimum Gasteiger partial charge on any atom is -0.395 e. The maximum Gasteiger partial charge on any atom is 0.141 e. The summed E-state index contributed by atoms with van der Waals surface area (Å²) in [6, 6.07) is 8.56. The normalized spacial score (nSPS) is 11.2. The van der Waals surface area contributed by atoms with Gasteiger partial charge in [-0.05, 0) is 26.3 Å².